The molecule has 0 heterocycles. The van der Waals surface area contributed by atoms with E-state index in [1.54, 1.807) is 0 Å². The zero-order chi connectivity index (χ0) is 11.2. The highest BCUT2D eigenvalue weighted by molar-refractivity contribution is 5.38. The number of ether oxygens (including phenoxy) is 1. The third-order valence-electron chi connectivity index (χ3n) is 2.90. The molecule has 2 rings (SSSR count). The Morgan fingerprint density at radius 1 is 1.25 bits per heavy atom. The van der Waals surface area contributed by atoms with Gasteiger partial charge in [-0.05, 0) is 43.0 Å². The van der Waals surface area contributed by atoms with Crippen LogP contribution in [0.4, 0.5) is 0 Å². The fourth-order valence-electron chi connectivity index (χ4n) is 1.66. The molecule has 0 aromatic heterocycles. The van der Waals surface area contributed by atoms with Crippen LogP contribution in [0.1, 0.15) is 24.8 Å². The molecule has 16 heavy (non-hydrogen) atoms. The fourth-order valence-corrected chi connectivity index (χ4v) is 1.66. The van der Waals surface area contributed by atoms with Crippen LogP contribution in [-0.4, -0.2) is 13.2 Å². The molecule has 1 aromatic carbocycles. The molecule has 2 heteroatoms. The van der Waals surface area contributed by atoms with Gasteiger partial charge in [0, 0.05) is 5.56 Å². The largest absolute Gasteiger partial charge is 0.493 e. The van der Waals surface area contributed by atoms with Crippen molar-refractivity contribution >= 4 is 0 Å². The van der Waals surface area contributed by atoms with Gasteiger partial charge in [0.25, 0.3) is 0 Å². The first-order valence-corrected chi connectivity index (χ1v) is 5.80. The second kappa shape index (κ2) is 5.58. The molecule has 0 spiro atoms. The Morgan fingerprint density at radius 2 is 2.00 bits per heavy atom. The topological polar surface area (TPSA) is 35.2 Å². The molecular weight excluding hydrogens is 198 g/mol. The molecule has 2 N–H and O–H groups in total. The number of benzene rings is 1. The first kappa shape index (κ1) is 11.0. The van der Waals surface area contributed by atoms with Crippen molar-refractivity contribution in [3.63, 3.8) is 0 Å². The highest BCUT2D eigenvalue weighted by Crippen LogP contribution is 2.27. The van der Waals surface area contributed by atoms with Crippen molar-refractivity contribution in [2.75, 3.05) is 13.2 Å². The summed E-state index contributed by atoms with van der Waals surface area (Å²) in [4.78, 5) is 0. The van der Waals surface area contributed by atoms with Crippen LogP contribution in [0.2, 0.25) is 0 Å². The predicted molar refractivity (Wildman–Crippen MR) is 65.2 cm³/mol. The fraction of sp³-hybridized carbons (Fsp3) is 0.429. The zero-order valence-corrected chi connectivity index (χ0v) is 9.41. The van der Waals surface area contributed by atoms with Crippen LogP contribution < -0.4 is 10.5 Å². The Hall–Kier alpha value is -1.46. The van der Waals surface area contributed by atoms with Crippen LogP contribution in [0.25, 0.3) is 0 Å². The standard InChI is InChI=1S/C14H17NO/c15-10-2-5-12-6-8-14(9-7-12)16-11-13-3-1-4-13/h6-9,13H,1,3-4,10-11,15H2. The molecule has 2 nitrogen and oxygen atoms in total. The van der Waals surface area contributed by atoms with E-state index in [0.717, 1.165) is 23.8 Å². The normalized spacial score (nSPS) is 14.8. The molecule has 0 atom stereocenters. The van der Waals surface area contributed by atoms with Gasteiger partial charge in [-0.3, -0.25) is 0 Å². The second-order valence-corrected chi connectivity index (χ2v) is 4.14. The summed E-state index contributed by atoms with van der Waals surface area (Å²) in [5.74, 6) is 7.53. The molecule has 1 aliphatic carbocycles. The van der Waals surface area contributed by atoms with E-state index >= 15 is 0 Å². The summed E-state index contributed by atoms with van der Waals surface area (Å²) in [5.41, 5.74) is 6.30. The molecule has 1 aliphatic rings. The molecule has 1 saturated carbocycles. The number of hydrogen-bond donors (Lipinski definition) is 1. The minimum Gasteiger partial charge on any atom is -0.493 e. The lowest BCUT2D eigenvalue weighted by Gasteiger charge is -2.25. The maximum atomic E-state index is 5.70. The Morgan fingerprint density at radius 3 is 2.56 bits per heavy atom. The van der Waals surface area contributed by atoms with Crippen molar-refractivity contribution < 1.29 is 4.74 Å². The number of nitrogens with two attached hydrogens (primary N) is 1. The van der Waals surface area contributed by atoms with Gasteiger partial charge in [-0.15, -0.1) is 0 Å². The van der Waals surface area contributed by atoms with E-state index in [4.69, 9.17) is 10.5 Å². The van der Waals surface area contributed by atoms with E-state index in [1.165, 1.54) is 19.3 Å². The van der Waals surface area contributed by atoms with Gasteiger partial charge >= 0.3 is 0 Å². The lowest BCUT2D eigenvalue weighted by atomic mass is 9.86. The third kappa shape index (κ3) is 3.01. The van der Waals surface area contributed by atoms with Gasteiger partial charge < -0.3 is 10.5 Å². The van der Waals surface area contributed by atoms with Gasteiger partial charge in [0.15, 0.2) is 0 Å². The van der Waals surface area contributed by atoms with Crippen LogP contribution >= 0.6 is 0 Å². The van der Waals surface area contributed by atoms with Crippen molar-refractivity contribution in [1.29, 1.82) is 0 Å². The summed E-state index contributed by atoms with van der Waals surface area (Å²) < 4.78 is 5.70. The monoisotopic (exact) mass is 215 g/mol. The van der Waals surface area contributed by atoms with Crippen molar-refractivity contribution in [3.05, 3.63) is 29.8 Å². The zero-order valence-electron chi connectivity index (χ0n) is 9.41. The SMILES string of the molecule is NCC#Cc1ccc(OCC2CCC2)cc1. The molecule has 84 valence electrons. The molecule has 0 saturated heterocycles. The van der Waals surface area contributed by atoms with Gasteiger partial charge in [0.1, 0.15) is 5.75 Å². The number of rotatable bonds is 3. The maximum absolute atomic E-state index is 5.70. The van der Waals surface area contributed by atoms with E-state index in [2.05, 4.69) is 11.8 Å². The third-order valence-corrected chi connectivity index (χ3v) is 2.90. The molecule has 1 fully saturated rings. The summed E-state index contributed by atoms with van der Waals surface area (Å²) in [5, 5.41) is 0. The van der Waals surface area contributed by atoms with Gasteiger partial charge in [0.2, 0.25) is 0 Å². The highest BCUT2D eigenvalue weighted by atomic mass is 16.5. The minimum atomic E-state index is 0.403. The summed E-state index contributed by atoms with van der Waals surface area (Å²) in [6.07, 6.45) is 4.00. The molecule has 0 aliphatic heterocycles. The summed E-state index contributed by atoms with van der Waals surface area (Å²) in [6.45, 7) is 1.26. The lowest BCUT2D eigenvalue weighted by Crippen LogP contribution is -2.19. The van der Waals surface area contributed by atoms with Crippen LogP contribution in [0.5, 0.6) is 5.75 Å². The van der Waals surface area contributed by atoms with Gasteiger partial charge in [-0.25, -0.2) is 0 Å². The predicted octanol–water partition coefficient (Wildman–Crippen LogP) is 2.18. The van der Waals surface area contributed by atoms with E-state index in [0.29, 0.717) is 6.54 Å². The molecule has 0 unspecified atom stereocenters. The quantitative estimate of drug-likeness (QED) is 0.784. The average Bonchev–Trinajstić information content (AvgIpc) is 2.26. The Balaban J connectivity index is 1.85. The molecule has 1 aromatic rings. The first-order valence-electron chi connectivity index (χ1n) is 5.80. The van der Waals surface area contributed by atoms with E-state index in [-0.39, 0.29) is 0 Å². The van der Waals surface area contributed by atoms with E-state index in [1.807, 2.05) is 24.3 Å². The smallest absolute Gasteiger partial charge is 0.119 e. The van der Waals surface area contributed by atoms with Crippen LogP contribution in [-0.2, 0) is 0 Å². The Labute approximate surface area is 96.8 Å². The van der Waals surface area contributed by atoms with Crippen LogP contribution in [0.15, 0.2) is 24.3 Å². The second-order valence-electron chi connectivity index (χ2n) is 4.14. The Kier molecular flexibility index (Phi) is 3.85. The lowest BCUT2D eigenvalue weighted by molar-refractivity contribution is 0.180. The van der Waals surface area contributed by atoms with Crippen LogP contribution in [0.3, 0.4) is 0 Å². The van der Waals surface area contributed by atoms with Gasteiger partial charge in [-0.1, -0.05) is 18.3 Å². The Bertz CT molecular complexity index is 381. The summed E-state index contributed by atoms with van der Waals surface area (Å²) >= 11 is 0. The van der Waals surface area contributed by atoms with Gasteiger partial charge in [0.05, 0.1) is 13.2 Å². The number of hydrogen-bond acceptors (Lipinski definition) is 2. The first-order chi connectivity index (χ1) is 7.88. The maximum Gasteiger partial charge on any atom is 0.119 e. The van der Waals surface area contributed by atoms with E-state index in [9.17, 15) is 0 Å². The molecule has 0 bridgehead atoms. The molecule has 0 radical (unpaired) electrons. The molecular formula is C14H17NO. The summed E-state index contributed by atoms with van der Waals surface area (Å²) in [7, 11) is 0. The molecule has 0 amide bonds. The summed E-state index contributed by atoms with van der Waals surface area (Å²) in [6, 6.07) is 7.88. The van der Waals surface area contributed by atoms with Crippen molar-refractivity contribution in [1.82, 2.24) is 0 Å². The van der Waals surface area contributed by atoms with Crippen molar-refractivity contribution in [2.45, 2.75) is 19.3 Å². The van der Waals surface area contributed by atoms with Crippen molar-refractivity contribution in [3.8, 4) is 17.6 Å². The minimum absolute atomic E-state index is 0.403. The van der Waals surface area contributed by atoms with E-state index < -0.39 is 0 Å². The van der Waals surface area contributed by atoms with Gasteiger partial charge in [-0.2, -0.15) is 0 Å². The van der Waals surface area contributed by atoms with Crippen LogP contribution in [0, 0.1) is 17.8 Å². The van der Waals surface area contributed by atoms with Crippen molar-refractivity contribution in [2.24, 2.45) is 11.7 Å². The highest BCUT2D eigenvalue weighted by Gasteiger charge is 2.17. The average molecular weight is 215 g/mol.